The number of aromatic nitrogens is 1. The first-order valence-corrected chi connectivity index (χ1v) is 7.51. The van der Waals surface area contributed by atoms with Crippen LogP contribution in [0.3, 0.4) is 0 Å². The van der Waals surface area contributed by atoms with E-state index in [9.17, 15) is 18.0 Å². The number of rotatable bonds is 6. The molecule has 0 aliphatic carbocycles. The van der Waals surface area contributed by atoms with E-state index < -0.39 is 23.2 Å². The summed E-state index contributed by atoms with van der Waals surface area (Å²) < 4.78 is 51.2. The second kappa shape index (κ2) is 7.51. The monoisotopic (exact) mass is 369 g/mol. The molecule has 0 fully saturated rings. The lowest BCUT2D eigenvalue weighted by atomic mass is 10.1. The summed E-state index contributed by atoms with van der Waals surface area (Å²) in [6.45, 7) is 0.671. The fourth-order valence-corrected chi connectivity index (χ4v) is 2.31. The van der Waals surface area contributed by atoms with E-state index in [0.717, 1.165) is 6.07 Å². The number of hydrogen-bond acceptors (Lipinski definition) is 5. The molecule has 0 aliphatic rings. The van der Waals surface area contributed by atoms with Crippen molar-refractivity contribution in [3.63, 3.8) is 0 Å². The smallest absolute Gasteiger partial charge is 0.275 e. The second-order valence-electron chi connectivity index (χ2n) is 5.52. The highest BCUT2D eigenvalue weighted by molar-refractivity contribution is 5.94. The van der Waals surface area contributed by atoms with Crippen LogP contribution in [0.25, 0.3) is 0 Å². The molecule has 1 aromatic heterocycles. The molecule has 2 rings (SSSR count). The van der Waals surface area contributed by atoms with Gasteiger partial charge in [-0.15, -0.1) is 0 Å². The van der Waals surface area contributed by atoms with E-state index >= 15 is 0 Å². The van der Waals surface area contributed by atoms with E-state index in [1.54, 1.807) is 0 Å². The lowest BCUT2D eigenvalue weighted by Gasteiger charge is -2.18. The van der Waals surface area contributed by atoms with Crippen LogP contribution in [0.1, 0.15) is 18.1 Å². The topological polar surface area (TPSA) is 86.5 Å². The van der Waals surface area contributed by atoms with Crippen molar-refractivity contribution in [2.24, 2.45) is 0 Å². The Bertz CT molecular complexity index is 803. The van der Waals surface area contributed by atoms with Crippen LogP contribution in [0.15, 0.2) is 24.3 Å². The summed E-state index contributed by atoms with van der Waals surface area (Å²) in [4.78, 5) is 16.1. The number of nitrogens with two attached hydrogens (primary N) is 1. The Labute approximate surface area is 148 Å². The third kappa shape index (κ3) is 4.16. The van der Waals surface area contributed by atoms with Crippen molar-refractivity contribution >= 4 is 17.3 Å². The van der Waals surface area contributed by atoms with Gasteiger partial charge in [0.05, 0.1) is 26.2 Å². The van der Waals surface area contributed by atoms with E-state index in [1.807, 2.05) is 0 Å². The van der Waals surface area contributed by atoms with Gasteiger partial charge in [-0.3, -0.25) is 4.79 Å². The Morgan fingerprint density at radius 3 is 2.46 bits per heavy atom. The Hall–Kier alpha value is -2.97. The lowest BCUT2D eigenvalue weighted by molar-refractivity contribution is -0.115. The van der Waals surface area contributed by atoms with Crippen LogP contribution >= 0.6 is 0 Å². The first kappa shape index (κ1) is 19.4. The summed E-state index contributed by atoms with van der Waals surface area (Å²) in [5, 5.41) is 2.39. The zero-order valence-corrected chi connectivity index (χ0v) is 14.4. The van der Waals surface area contributed by atoms with Gasteiger partial charge in [0.15, 0.2) is 0 Å². The number of halogens is 3. The zero-order valence-electron chi connectivity index (χ0n) is 14.4. The number of amides is 1. The number of hydrogen-bond donors (Lipinski definition) is 2. The number of benzene rings is 1. The van der Waals surface area contributed by atoms with Crippen LogP contribution in [-0.4, -0.2) is 25.1 Å². The van der Waals surface area contributed by atoms with Crippen molar-refractivity contribution in [2.75, 3.05) is 25.3 Å². The maximum atomic E-state index is 13.8. The molecular weight excluding hydrogens is 351 g/mol. The molecule has 0 bridgehead atoms. The maximum Gasteiger partial charge on any atom is 0.275 e. The zero-order chi connectivity index (χ0) is 19.5. The molecule has 0 spiro atoms. The average molecular weight is 369 g/mol. The van der Waals surface area contributed by atoms with Crippen molar-refractivity contribution in [1.29, 1.82) is 0 Å². The summed E-state index contributed by atoms with van der Waals surface area (Å²) in [6.07, 6.45) is -0.383. The normalized spacial score (nSPS) is 11.2. The molecule has 1 aromatic carbocycles. The molecule has 2 aromatic rings. The van der Waals surface area contributed by atoms with E-state index in [-0.39, 0.29) is 35.1 Å². The molecule has 0 saturated heterocycles. The van der Waals surface area contributed by atoms with Crippen molar-refractivity contribution in [3.8, 4) is 11.8 Å². The van der Waals surface area contributed by atoms with Gasteiger partial charge in [0.2, 0.25) is 17.7 Å². The summed E-state index contributed by atoms with van der Waals surface area (Å²) >= 11 is 0. The molecule has 3 N–H and O–H groups in total. The van der Waals surface area contributed by atoms with Gasteiger partial charge >= 0.3 is 0 Å². The highest BCUT2D eigenvalue weighted by atomic mass is 19.3. The number of methoxy groups -OCH3 is 2. The fraction of sp³-hybridized carbons (Fsp3) is 0.294. The standard InChI is InChI=1S/C17H18F3N3O3/c1-17(19,20)10-8-13(16(26-3)23-15(10)25-2)22-14(24)7-9-11(18)5-4-6-12(9)21/h4-6,8H,7,21H2,1-3H3,(H,22,24). The fourth-order valence-electron chi connectivity index (χ4n) is 2.31. The highest BCUT2D eigenvalue weighted by Gasteiger charge is 2.31. The first-order valence-electron chi connectivity index (χ1n) is 7.51. The number of nitrogen functional groups attached to an aromatic ring is 1. The Kier molecular flexibility index (Phi) is 5.59. The lowest BCUT2D eigenvalue weighted by Crippen LogP contribution is -2.19. The van der Waals surface area contributed by atoms with Gasteiger partial charge in [-0.1, -0.05) is 6.07 Å². The molecule has 1 heterocycles. The number of nitrogens with zero attached hydrogens (tertiary/aromatic N) is 1. The molecule has 1 amide bonds. The SMILES string of the molecule is COc1nc(OC)c(C(C)(F)F)cc1NC(=O)Cc1c(N)cccc1F. The molecule has 0 aliphatic heterocycles. The summed E-state index contributed by atoms with van der Waals surface area (Å²) in [7, 11) is 2.45. The number of anilines is 2. The van der Waals surface area contributed by atoms with Gasteiger partial charge in [0.1, 0.15) is 11.5 Å². The maximum absolute atomic E-state index is 13.8. The minimum Gasteiger partial charge on any atom is -0.481 e. The molecule has 140 valence electrons. The van der Waals surface area contributed by atoms with Crippen LogP contribution in [0.5, 0.6) is 11.8 Å². The van der Waals surface area contributed by atoms with E-state index in [1.165, 1.54) is 32.4 Å². The molecule has 0 saturated carbocycles. The van der Waals surface area contributed by atoms with Gasteiger partial charge < -0.3 is 20.5 Å². The quantitative estimate of drug-likeness (QED) is 0.764. The molecule has 0 atom stereocenters. The van der Waals surface area contributed by atoms with Gasteiger partial charge in [0, 0.05) is 18.2 Å². The molecule has 26 heavy (non-hydrogen) atoms. The van der Waals surface area contributed by atoms with Gasteiger partial charge in [-0.2, -0.15) is 4.98 Å². The third-order valence-electron chi connectivity index (χ3n) is 3.58. The number of pyridine rings is 1. The van der Waals surface area contributed by atoms with Gasteiger partial charge in [-0.25, -0.2) is 13.2 Å². The summed E-state index contributed by atoms with van der Waals surface area (Å²) in [5.74, 6) is -5.02. The number of nitrogens with one attached hydrogen (secondary N) is 1. The van der Waals surface area contributed by atoms with Crippen molar-refractivity contribution in [3.05, 3.63) is 41.2 Å². The largest absolute Gasteiger partial charge is 0.481 e. The molecular formula is C17H18F3N3O3. The molecule has 0 radical (unpaired) electrons. The van der Waals surface area contributed by atoms with Crippen LogP contribution < -0.4 is 20.5 Å². The Morgan fingerprint density at radius 2 is 1.92 bits per heavy atom. The van der Waals surface area contributed by atoms with E-state index in [2.05, 4.69) is 10.3 Å². The number of carbonyl (C=O) groups is 1. The van der Waals surface area contributed by atoms with Crippen LogP contribution in [-0.2, 0) is 17.1 Å². The van der Waals surface area contributed by atoms with Crippen LogP contribution in [0, 0.1) is 5.82 Å². The number of alkyl halides is 2. The minimum atomic E-state index is -3.26. The Morgan fingerprint density at radius 1 is 1.27 bits per heavy atom. The van der Waals surface area contributed by atoms with Crippen molar-refractivity contribution in [1.82, 2.24) is 4.98 Å². The van der Waals surface area contributed by atoms with Crippen LogP contribution in [0.4, 0.5) is 24.5 Å². The molecule has 9 heteroatoms. The highest BCUT2D eigenvalue weighted by Crippen LogP contribution is 2.38. The number of carbonyl (C=O) groups excluding carboxylic acids is 1. The minimum absolute atomic E-state index is 0.00600. The van der Waals surface area contributed by atoms with Crippen molar-refractivity contribution in [2.45, 2.75) is 19.3 Å². The third-order valence-corrected chi connectivity index (χ3v) is 3.58. The summed E-state index contributed by atoms with van der Waals surface area (Å²) in [6, 6.07) is 5.05. The first-order chi connectivity index (χ1) is 12.2. The van der Waals surface area contributed by atoms with E-state index in [0.29, 0.717) is 6.92 Å². The average Bonchev–Trinajstić information content (AvgIpc) is 2.57. The van der Waals surface area contributed by atoms with Crippen molar-refractivity contribution < 1.29 is 27.4 Å². The van der Waals surface area contributed by atoms with E-state index in [4.69, 9.17) is 15.2 Å². The van der Waals surface area contributed by atoms with Gasteiger partial charge in [-0.05, 0) is 18.2 Å². The second-order valence-corrected chi connectivity index (χ2v) is 5.52. The molecule has 0 unspecified atom stereocenters. The molecule has 6 nitrogen and oxygen atoms in total. The predicted octanol–water partition coefficient (Wildman–Crippen LogP) is 3.11. The number of ether oxygens (including phenoxy) is 2. The van der Waals surface area contributed by atoms with Crippen LogP contribution in [0.2, 0.25) is 0 Å². The summed E-state index contributed by atoms with van der Waals surface area (Å²) in [5.41, 5.74) is 5.16. The predicted molar refractivity (Wildman–Crippen MR) is 90.1 cm³/mol. The Balaban J connectivity index is 2.34. The van der Waals surface area contributed by atoms with Gasteiger partial charge in [0.25, 0.3) is 5.92 Å².